The van der Waals surface area contributed by atoms with Crippen molar-refractivity contribution in [2.24, 2.45) is 11.7 Å². The van der Waals surface area contributed by atoms with Crippen LogP contribution in [-0.2, 0) is 14.3 Å². The van der Waals surface area contributed by atoms with E-state index in [1.165, 1.54) is 7.11 Å². The molecule has 0 spiro atoms. The normalized spacial score (nSPS) is 18.1. The molecule has 4 heterocycles. The molecule has 272 valence electrons. The van der Waals surface area contributed by atoms with Crippen molar-refractivity contribution < 1.29 is 19.1 Å². The van der Waals surface area contributed by atoms with Crippen LogP contribution in [0.4, 0.5) is 4.79 Å². The summed E-state index contributed by atoms with van der Waals surface area (Å²) in [5.74, 6) is 7.71. The molecule has 0 aliphatic carbocycles. The van der Waals surface area contributed by atoms with Crippen molar-refractivity contribution in [2.75, 3.05) is 20.2 Å². The average molecular weight is 713 g/mol. The third kappa shape index (κ3) is 7.52. The third-order valence-electron chi connectivity index (χ3n) is 10.2. The number of alkyl carbamates (subject to hydrolysis) is 1. The van der Waals surface area contributed by atoms with Gasteiger partial charge < -0.3 is 35.6 Å². The largest absolute Gasteiger partial charge is 0.453 e. The van der Waals surface area contributed by atoms with Crippen LogP contribution in [0.1, 0.15) is 86.1 Å². The fraction of sp³-hybridized carbons (Fsp3) is 0.341. The Hall–Kier alpha value is -5.93. The molecular formula is C41H44N8O4. The van der Waals surface area contributed by atoms with Gasteiger partial charge in [-0.05, 0) is 72.1 Å². The van der Waals surface area contributed by atoms with Gasteiger partial charge in [-0.1, -0.05) is 68.3 Å². The molecule has 12 heteroatoms. The van der Waals surface area contributed by atoms with E-state index in [-0.39, 0.29) is 29.8 Å². The summed E-state index contributed by atoms with van der Waals surface area (Å²) in [6, 6.07) is 19.7. The Balaban J connectivity index is 1.04. The van der Waals surface area contributed by atoms with Gasteiger partial charge in [-0.25, -0.2) is 14.8 Å². The van der Waals surface area contributed by atoms with Crippen molar-refractivity contribution in [3.63, 3.8) is 0 Å². The fourth-order valence-corrected chi connectivity index (χ4v) is 7.23. The standard InChI is InChI=1S/C41H44N8O4/c1-25(2)35(42)39(50)48-19-7-12-34(48)38-44-24-32(46-38)30-17-16-28-21-26(13-15-29(28)22-30)14-18-31-23-43-37(45-31)33-11-8-20-49(33)40(51)36(47-41(52)53-3)27-9-5-4-6-10-27/h4-6,9-10,13,15-17,21-25,33-36H,7-8,11-12,19-20,42H2,1-3H3,(H,43,45)(H,44,46)(H,47,52)/t33-,34-,35-,36+/m0/s1. The second-order valence-corrected chi connectivity index (χ2v) is 14.0. The highest BCUT2D eigenvalue weighted by atomic mass is 16.5. The maximum absolute atomic E-state index is 13.8. The highest BCUT2D eigenvalue weighted by Gasteiger charge is 2.37. The number of benzene rings is 3. The second kappa shape index (κ2) is 15.4. The molecule has 3 aromatic carbocycles. The Morgan fingerprint density at radius 1 is 0.849 bits per heavy atom. The van der Waals surface area contributed by atoms with Crippen LogP contribution in [0.25, 0.3) is 22.0 Å². The van der Waals surface area contributed by atoms with Gasteiger partial charge in [0, 0.05) is 24.2 Å². The number of nitrogens with zero attached hydrogens (tertiary/aromatic N) is 4. The molecule has 0 radical (unpaired) electrons. The van der Waals surface area contributed by atoms with Crippen molar-refractivity contribution in [3.8, 4) is 23.1 Å². The highest BCUT2D eigenvalue weighted by molar-refractivity contribution is 5.89. The Labute approximate surface area is 308 Å². The number of aromatic nitrogens is 4. The first kappa shape index (κ1) is 35.5. The first-order chi connectivity index (χ1) is 25.7. The predicted octanol–water partition coefficient (Wildman–Crippen LogP) is 5.76. The van der Waals surface area contributed by atoms with Crippen molar-refractivity contribution >= 4 is 28.7 Å². The van der Waals surface area contributed by atoms with Gasteiger partial charge in [0.2, 0.25) is 5.91 Å². The number of fused-ring (bicyclic) bond motifs is 1. The molecule has 5 N–H and O–H groups in total. The number of nitrogens with one attached hydrogen (secondary N) is 3. The summed E-state index contributed by atoms with van der Waals surface area (Å²) in [5.41, 5.74) is 10.3. The zero-order chi connectivity index (χ0) is 37.1. The van der Waals surface area contributed by atoms with Crippen LogP contribution < -0.4 is 11.1 Å². The maximum Gasteiger partial charge on any atom is 0.407 e. The number of aromatic amines is 2. The zero-order valence-electron chi connectivity index (χ0n) is 30.1. The summed E-state index contributed by atoms with van der Waals surface area (Å²) in [5, 5.41) is 4.81. The molecule has 7 rings (SSSR count). The number of nitrogens with two attached hydrogens (primary N) is 1. The van der Waals surface area contributed by atoms with E-state index in [2.05, 4.69) is 67.4 Å². The lowest BCUT2D eigenvalue weighted by Crippen LogP contribution is -2.46. The minimum Gasteiger partial charge on any atom is -0.453 e. The number of hydrogen-bond acceptors (Lipinski definition) is 7. The molecule has 0 bridgehead atoms. The molecule has 2 aliphatic heterocycles. The molecule has 0 unspecified atom stereocenters. The van der Waals surface area contributed by atoms with E-state index in [1.807, 2.05) is 61.3 Å². The van der Waals surface area contributed by atoms with E-state index in [1.54, 1.807) is 11.1 Å². The van der Waals surface area contributed by atoms with Crippen molar-refractivity contribution in [1.82, 2.24) is 35.1 Å². The lowest BCUT2D eigenvalue weighted by molar-refractivity contribution is -0.135. The molecule has 5 aromatic rings. The highest BCUT2D eigenvalue weighted by Crippen LogP contribution is 2.34. The summed E-state index contributed by atoms with van der Waals surface area (Å²) >= 11 is 0. The summed E-state index contributed by atoms with van der Waals surface area (Å²) in [6.07, 6.45) is 6.18. The van der Waals surface area contributed by atoms with Crippen molar-refractivity contribution in [2.45, 2.75) is 63.7 Å². The van der Waals surface area contributed by atoms with E-state index in [9.17, 15) is 14.4 Å². The smallest absolute Gasteiger partial charge is 0.407 e. The number of imidazole rings is 2. The molecule has 2 aromatic heterocycles. The van der Waals surface area contributed by atoms with Crippen LogP contribution in [0.3, 0.4) is 0 Å². The quantitative estimate of drug-likeness (QED) is 0.149. The summed E-state index contributed by atoms with van der Waals surface area (Å²) in [7, 11) is 1.28. The third-order valence-corrected chi connectivity index (χ3v) is 10.2. The van der Waals surface area contributed by atoms with Gasteiger partial charge in [-0.3, -0.25) is 9.59 Å². The van der Waals surface area contributed by atoms with Crippen LogP contribution in [-0.4, -0.2) is 73.9 Å². The number of rotatable bonds is 8. The van der Waals surface area contributed by atoms with Gasteiger partial charge in [0.1, 0.15) is 23.4 Å². The molecule has 3 amide bonds. The summed E-state index contributed by atoms with van der Waals surface area (Å²) in [6.45, 7) is 5.18. The minimum absolute atomic E-state index is 0.0194. The monoisotopic (exact) mass is 712 g/mol. The minimum atomic E-state index is -0.881. The number of methoxy groups -OCH3 is 1. The van der Waals surface area contributed by atoms with Crippen LogP contribution in [0.15, 0.2) is 79.1 Å². The molecule has 53 heavy (non-hydrogen) atoms. The first-order valence-electron chi connectivity index (χ1n) is 18.1. The van der Waals surface area contributed by atoms with Crippen molar-refractivity contribution in [3.05, 3.63) is 108 Å². The summed E-state index contributed by atoms with van der Waals surface area (Å²) < 4.78 is 4.81. The SMILES string of the molecule is COC(=O)N[C@@H](C(=O)N1CCC[C@H]1c1ncc(C#Cc2ccc3cc(-c4cnc([C@@H]5CCCN5C(=O)[C@@H](N)C(C)C)[nH]4)ccc3c2)[nH]1)c1ccccc1. The van der Waals surface area contributed by atoms with Gasteiger partial charge in [-0.2, -0.15) is 0 Å². The lowest BCUT2D eigenvalue weighted by atomic mass is 10.0. The Morgan fingerprint density at radius 2 is 1.51 bits per heavy atom. The van der Waals surface area contributed by atoms with Crippen LogP contribution in [0, 0.1) is 17.8 Å². The Morgan fingerprint density at radius 3 is 2.23 bits per heavy atom. The first-order valence-corrected chi connectivity index (χ1v) is 18.1. The number of hydrogen-bond donors (Lipinski definition) is 4. The molecular weight excluding hydrogens is 669 g/mol. The number of carbonyl (C=O) groups is 3. The number of carbonyl (C=O) groups excluding carboxylic acids is 3. The zero-order valence-corrected chi connectivity index (χ0v) is 30.1. The van der Waals surface area contributed by atoms with Gasteiger partial charge in [0.05, 0.1) is 43.3 Å². The molecule has 0 saturated carbocycles. The summed E-state index contributed by atoms with van der Waals surface area (Å²) in [4.78, 5) is 58.7. The fourth-order valence-electron chi connectivity index (χ4n) is 7.23. The van der Waals surface area contributed by atoms with Gasteiger partial charge in [0.15, 0.2) is 0 Å². The molecule has 4 atom stereocenters. The topological polar surface area (TPSA) is 162 Å². The second-order valence-electron chi connectivity index (χ2n) is 14.0. The van der Waals surface area contributed by atoms with E-state index in [0.29, 0.717) is 30.2 Å². The van der Waals surface area contributed by atoms with E-state index >= 15 is 0 Å². The average Bonchev–Trinajstić information content (AvgIpc) is 4.02. The molecule has 2 saturated heterocycles. The molecule has 2 fully saturated rings. The van der Waals surface area contributed by atoms with E-state index in [4.69, 9.17) is 10.5 Å². The molecule has 2 aliphatic rings. The van der Waals surface area contributed by atoms with E-state index in [0.717, 1.165) is 59.1 Å². The maximum atomic E-state index is 13.8. The molecule has 12 nitrogen and oxygen atoms in total. The van der Waals surface area contributed by atoms with Gasteiger partial charge in [0.25, 0.3) is 5.91 Å². The van der Waals surface area contributed by atoms with Gasteiger partial charge >= 0.3 is 6.09 Å². The Kier molecular flexibility index (Phi) is 10.3. The number of H-pyrrole nitrogens is 2. The number of amides is 3. The number of likely N-dealkylation sites (tertiary alicyclic amines) is 2. The van der Waals surface area contributed by atoms with Crippen LogP contribution >= 0.6 is 0 Å². The van der Waals surface area contributed by atoms with Crippen molar-refractivity contribution in [1.29, 1.82) is 0 Å². The lowest BCUT2D eigenvalue weighted by Gasteiger charge is -2.28. The predicted molar refractivity (Wildman–Crippen MR) is 201 cm³/mol. The van der Waals surface area contributed by atoms with Crippen LogP contribution in [0.2, 0.25) is 0 Å². The van der Waals surface area contributed by atoms with Gasteiger partial charge in [-0.15, -0.1) is 0 Å². The van der Waals surface area contributed by atoms with Crippen LogP contribution in [0.5, 0.6) is 0 Å². The number of ether oxygens (including phenoxy) is 1. The van der Waals surface area contributed by atoms with E-state index < -0.39 is 18.2 Å². The Bertz CT molecular complexity index is 2180.